The molecule has 0 atom stereocenters. The number of fused-ring (bicyclic) bond motifs is 1. The number of nitrogens with one attached hydrogen (secondary N) is 2. The molecule has 8 heteroatoms. The SMILES string of the molecule is CCN(CC)CCOc1ccc2[nH]cc(C(=O)Nc3cc(C)on3)c2n1. The van der Waals surface area contributed by atoms with E-state index < -0.39 is 0 Å². The van der Waals surface area contributed by atoms with Crippen LogP contribution in [0.25, 0.3) is 11.0 Å². The topological polar surface area (TPSA) is 96.3 Å². The molecule has 138 valence electrons. The zero-order valence-electron chi connectivity index (χ0n) is 15.2. The molecule has 3 heterocycles. The maximum absolute atomic E-state index is 12.5. The Hall–Kier alpha value is -2.87. The van der Waals surface area contributed by atoms with Crippen LogP contribution < -0.4 is 10.1 Å². The summed E-state index contributed by atoms with van der Waals surface area (Å²) >= 11 is 0. The Morgan fingerprint density at radius 3 is 2.85 bits per heavy atom. The zero-order valence-corrected chi connectivity index (χ0v) is 15.2. The number of carbonyl (C=O) groups excluding carboxylic acids is 1. The molecule has 3 aromatic heterocycles. The van der Waals surface area contributed by atoms with Crippen LogP contribution in [0.1, 0.15) is 30.0 Å². The van der Waals surface area contributed by atoms with Crippen molar-refractivity contribution in [2.24, 2.45) is 0 Å². The number of likely N-dealkylation sites (N-methyl/N-ethyl adjacent to an activating group) is 1. The molecular formula is C18H23N5O3. The first kappa shape index (κ1) is 17.9. The van der Waals surface area contributed by atoms with Crippen LogP contribution in [0.4, 0.5) is 5.82 Å². The smallest absolute Gasteiger partial charge is 0.260 e. The molecule has 0 fully saturated rings. The molecule has 0 unspecified atom stereocenters. The summed E-state index contributed by atoms with van der Waals surface area (Å²) in [5.74, 6) is 1.18. The Morgan fingerprint density at radius 2 is 2.15 bits per heavy atom. The molecule has 0 aliphatic carbocycles. The van der Waals surface area contributed by atoms with Crippen LogP contribution in [0.15, 0.2) is 28.9 Å². The third-order valence-electron chi connectivity index (χ3n) is 4.16. The first-order valence-corrected chi connectivity index (χ1v) is 8.68. The van der Waals surface area contributed by atoms with Crippen molar-refractivity contribution in [2.75, 3.05) is 31.6 Å². The fourth-order valence-electron chi connectivity index (χ4n) is 2.66. The summed E-state index contributed by atoms with van der Waals surface area (Å²) in [4.78, 5) is 22.3. The number of rotatable bonds is 8. The van der Waals surface area contributed by atoms with E-state index in [2.05, 4.69) is 39.2 Å². The molecule has 3 aromatic rings. The first-order chi connectivity index (χ1) is 12.6. The second-order valence-electron chi connectivity index (χ2n) is 5.90. The van der Waals surface area contributed by atoms with Gasteiger partial charge in [-0.2, -0.15) is 0 Å². The van der Waals surface area contributed by atoms with Crippen LogP contribution in [-0.2, 0) is 0 Å². The molecule has 26 heavy (non-hydrogen) atoms. The van der Waals surface area contributed by atoms with Crippen molar-refractivity contribution < 1.29 is 14.1 Å². The number of amides is 1. The van der Waals surface area contributed by atoms with Crippen molar-refractivity contribution in [1.82, 2.24) is 20.0 Å². The van der Waals surface area contributed by atoms with E-state index in [0.717, 1.165) is 25.2 Å². The predicted molar refractivity (Wildman–Crippen MR) is 98.6 cm³/mol. The van der Waals surface area contributed by atoms with Crippen molar-refractivity contribution in [3.8, 4) is 5.88 Å². The van der Waals surface area contributed by atoms with Crippen molar-refractivity contribution in [3.05, 3.63) is 35.7 Å². The Bertz CT molecular complexity index is 882. The number of carbonyl (C=O) groups is 1. The minimum atomic E-state index is -0.308. The molecular weight excluding hydrogens is 334 g/mol. The zero-order chi connectivity index (χ0) is 18.5. The van der Waals surface area contributed by atoms with Crippen molar-refractivity contribution in [3.63, 3.8) is 0 Å². The molecule has 0 saturated heterocycles. The lowest BCUT2D eigenvalue weighted by molar-refractivity contribution is 0.102. The lowest BCUT2D eigenvalue weighted by Crippen LogP contribution is -2.28. The summed E-state index contributed by atoms with van der Waals surface area (Å²) in [6, 6.07) is 5.30. The molecule has 0 radical (unpaired) electrons. The van der Waals surface area contributed by atoms with Crippen LogP contribution in [0.2, 0.25) is 0 Å². The van der Waals surface area contributed by atoms with Gasteiger partial charge in [-0.15, -0.1) is 0 Å². The van der Waals surface area contributed by atoms with Gasteiger partial charge in [0.25, 0.3) is 5.91 Å². The maximum Gasteiger partial charge on any atom is 0.260 e. The molecule has 0 spiro atoms. The van der Waals surface area contributed by atoms with Crippen LogP contribution >= 0.6 is 0 Å². The number of hydrogen-bond acceptors (Lipinski definition) is 6. The standard InChI is InChI=1S/C18H23N5O3/c1-4-23(5-2)8-9-25-16-7-6-14-17(21-16)13(11-19-14)18(24)20-15-10-12(3)26-22-15/h6-7,10-11,19H,4-5,8-9H2,1-3H3,(H,20,22,24). The normalized spacial score (nSPS) is 11.2. The molecule has 8 nitrogen and oxygen atoms in total. The molecule has 0 aromatic carbocycles. The Morgan fingerprint density at radius 1 is 1.35 bits per heavy atom. The van der Waals surface area contributed by atoms with Gasteiger partial charge in [-0.3, -0.25) is 4.79 Å². The van der Waals surface area contributed by atoms with E-state index in [1.807, 2.05) is 6.07 Å². The largest absolute Gasteiger partial charge is 0.476 e. The van der Waals surface area contributed by atoms with Gasteiger partial charge in [-0.25, -0.2) is 4.98 Å². The van der Waals surface area contributed by atoms with Gasteiger partial charge in [0.1, 0.15) is 17.9 Å². The number of aromatic nitrogens is 3. The molecule has 0 aliphatic heterocycles. The second-order valence-corrected chi connectivity index (χ2v) is 5.90. The summed E-state index contributed by atoms with van der Waals surface area (Å²) in [7, 11) is 0. The molecule has 2 N–H and O–H groups in total. The highest BCUT2D eigenvalue weighted by atomic mass is 16.5. The third-order valence-corrected chi connectivity index (χ3v) is 4.16. The predicted octanol–water partition coefficient (Wildman–Crippen LogP) is 2.83. The number of hydrogen-bond donors (Lipinski definition) is 2. The van der Waals surface area contributed by atoms with Gasteiger partial charge in [0.15, 0.2) is 5.82 Å². The van der Waals surface area contributed by atoms with E-state index in [1.165, 1.54) is 0 Å². The highest BCUT2D eigenvalue weighted by molar-refractivity contribution is 6.11. The molecule has 1 amide bonds. The molecule has 3 rings (SSSR count). The quantitative estimate of drug-likeness (QED) is 0.643. The van der Waals surface area contributed by atoms with Gasteiger partial charge < -0.3 is 24.5 Å². The van der Waals surface area contributed by atoms with Crippen LogP contribution in [0, 0.1) is 6.92 Å². The van der Waals surface area contributed by atoms with Crippen molar-refractivity contribution in [1.29, 1.82) is 0 Å². The fraction of sp³-hybridized carbons (Fsp3) is 0.389. The minimum Gasteiger partial charge on any atom is -0.476 e. The summed E-state index contributed by atoms with van der Waals surface area (Å²) in [5, 5.41) is 6.47. The Labute approximate surface area is 151 Å². The van der Waals surface area contributed by atoms with Crippen molar-refractivity contribution in [2.45, 2.75) is 20.8 Å². The van der Waals surface area contributed by atoms with Crippen LogP contribution in [0.5, 0.6) is 5.88 Å². The molecule has 0 saturated carbocycles. The van der Waals surface area contributed by atoms with Crippen molar-refractivity contribution >= 4 is 22.8 Å². The average molecular weight is 357 g/mol. The summed E-state index contributed by atoms with van der Waals surface area (Å²) in [6.07, 6.45) is 1.62. The van der Waals surface area contributed by atoms with Gasteiger partial charge in [0.2, 0.25) is 5.88 Å². The van der Waals surface area contributed by atoms with E-state index in [0.29, 0.717) is 35.1 Å². The van der Waals surface area contributed by atoms with Gasteiger partial charge in [-0.05, 0) is 26.1 Å². The molecule has 0 aliphatic rings. The lowest BCUT2D eigenvalue weighted by Gasteiger charge is -2.17. The fourth-order valence-corrected chi connectivity index (χ4v) is 2.66. The van der Waals surface area contributed by atoms with Gasteiger partial charge in [0, 0.05) is 24.9 Å². The number of pyridine rings is 1. The van der Waals surface area contributed by atoms with Gasteiger partial charge >= 0.3 is 0 Å². The van der Waals surface area contributed by atoms with E-state index in [4.69, 9.17) is 9.26 Å². The maximum atomic E-state index is 12.5. The minimum absolute atomic E-state index is 0.308. The number of aryl methyl sites for hydroxylation is 1. The summed E-state index contributed by atoms with van der Waals surface area (Å²) < 4.78 is 10.7. The molecule has 0 bridgehead atoms. The number of anilines is 1. The van der Waals surface area contributed by atoms with E-state index in [-0.39, 0.29) is 5.91 Å². The van der Waals surface area contributed by atoms with Crippen LogP contribution in [-0.4, -0.2) is 52.2 Å². The second kappa shape index (κ2) is 8.01. The number of ether oxygens (including phenoxy) is 1. The number of nitrogens with zero attached hydrogens (tertiary/aromatic N) is 3. The first-order valence-electron chi connectivity index (χ1n) is 8.68. The summed E-state index contributed by atoms with van der Waals surface area (Å²) in [6.45, 7) is 9.34. The van der Waals surface area contributed by atoms with E-state index in [9.17, 15) is 4.79 Å². The average Bonchev–Trinajstić information content (AvgIpc) is 3.24. The van der Waals surface area contributed by atoms with E-state index >= 15 is 0 Å². The Kier molecular flexibility index (Phi) is 5.52. The Balaban J connectivity index is 1.72. The highest BCUT2D eigenvalue weighted by Crippen LogP contribution is 2.21. The lowest BCUT2D eigenvalue weighted by atomic mass is 10.2. The van der Waals surface area contributed by atoms with Gasteiger partial charge in [0.05, 0.1) is 11.1 Å². The van der Waals surface area contributed by atoms with E-state index in [1.54, 1.807) is 25.3 Å². The number of aromatic amines is 1. The van der Waals surface area contributed by atoms with Crippen LogP contribution in [0.3, 0.4) is 0 Å². The number of H-pyrrole nitrogens is 1. The van der Waals surface area contributed by atoms with Gasteiger partial charge in [-0.1, -0.05) is 19.0 Å². The third kappa shape index (κ3) is 4.02. The highest BCUT2D eigenvalue weighted by Gasteiger charge is 2.16. The monoisotopic (exact) mass is 357 g/mol. The summed E-state index contributed by atoms with van der Waals surface area (Å²) in [5.41, 5.74) is 1.75.